The van der Waals surface area contributed by atoms with E-state index in [1.165, 1.54) is 0 Å². The first-order chi connectivity index (χ1) is 13.2. The second kappa shape index (κ2) is 9.69. The summed E-state index contributed by atoms with van der Waals surface area (Å²) >= 11 is 0. The largest absolute Gasteiger partial charge is 0.490 e. The molecular weight excluding hydrogens is 344 g/mol. The van der Waals surface area contributed by atoms with Crippen LogP contribution in [0.2, 0.25) is 0 Å². The molecule has 0 radical (unpaired) electrons. The van der Waals surface area contributed by atoms with Crippen molar-refractivity contribution in [3.05, 3.63) is 42.5 Å². The predicted molar refractivity (Wildman–Crippen MR) is 105 cm³/mol. The Morgan fingerprint density at radius 1 is 1.11 bits per heavy atom. The standard InChI is InChI=1S/C21H28N2O4/c1-26-14-9-21(25)23-12-10-22(11-13-23)15-18(24)16-27-20-8-4-6-17-5-2-3-7-19(17)20/h2-8,18,24H,9-16H2,1H3/t18-/m1/s1. The van der Waals surface area contributed by atoms with Crippen LogP contribution in [0.1, 0.15) is 6.42 Å². The Balaban J connectivity index is 1.44. The van der Waals surface area contributed by atoms with Gasteiger partial charge in [-0.25, -0.2) is 0 Å². The third-order valence-corrected chi connectivity index (χ3v) is 4.89. The molecule has 0 bridgehead atoms. The number of carbonyl (C=O) groups excluding carboxylic acids is 1. The van der Waals surface area contributed by atoms with Crippen molar-refractivity contribution in [2.24, 2.45) is 0 Å². The fourth-order valence-electron chi connectivity index (χ4n) is 3.39. The quantitative estimate of drug-likeness (QED) is 0.765. The third kappa shape index (κ3) is 5.42. The van der Waals surface area contributed by atoms with Crippen LogP contribution in [-0.4, -0.2) is 80.0 Å². The van der Waals surface area contributed by atoms with Crippen LogP contribution < -0.4 is 4.74 Å². The van der Waals surface area contributed by atoms with Crippen molar-refractivity contribution >= 4 is 16.7 Å². The van der Waals surface area contributed by atoms with E-state index >= 15 is 0 Å². The Bertz CT molecular complexity index is 739. The van der Waals surface area contributed by atoms with Crippen LogP contribution in [0, 0.1) is 0 Å². The van der Waals surface area contributed by atoms with E-state index in [1.807, 2.05) is 47.4 Å². The molecule has 0 unspecified atom stereocenters. The Labute approximate surface area is 160 Å². The summed E-state index contributed by atoms with van der Waals surface area (Å²) in [6, 6.07) is 14.0. The van der Waals surface area contributed by atoms with E-state index in [2.05, 4.69) is 4.90 Å². The molecule has 2 aromatic carbocycles. The summed E-state index contributed by atoms with van der Waals surface area (Å²) in [5, 5.41) is 12.5. The van der Waals surface area contributed by atoms with Crippen LogP contribution in [0.3, 0.4) is 0 Å². The number of aliphatic hydroxyl groups excluding tert-OH is 1. The third-order valence-electron chi connectivity index (χ3n) is 4.89. The maximum absolute atomic E-state index is 12.0. The topological polar surface area (TPSA) is 62.2 Å². The number of carbonyl (C=O) groups is 1. The monoisotopic (exact) mass is 372 g/mol. The molecule has 1 atom stereocenters. The molecule has 0 aromatic heterocycles. The van der Waals surface area contributed by atoms with Crippen LogP contribution in [0.5, 0.6) is 5.75 Å². The van der Waals surface area contributed by atoms with Gasteiger partial charge in [0.15, 0.2) is 0 Å². The molecule has 1 aliphatic rings. The lowest BCUT2D eigenvalue weighted by Crippen LogP contribution is -2.51. The van der Waals surface area contributed by atoms with E-state index in [1.54, 1.807) is 7.11 Å². The summed E-state index contributed by atoms with van der Waals surface area (Å²) in [7, 11) is 1.60. The molecule has 2 aromatic rings. The number of benzene rings is 2. The minimum absolute atomic E-state index is 0.135. The van der Waals surface area contributed by atoms with Gasteiger partial charge in [0, 0.05) is 45.2 Å². The van der Waals surface area contributed by atoms with E-state index in [9.17, 15) is 9.90 Å². The first kappa shape index (κ1) is 19.6. The second-order valence-electron chi connectivity index (χ2n) is 6.87. The summed E-state index contributed by atoms with van der Waals surface area (Å²) in [6.07, 6.45) is -0.141. The van der Waals surface area contributed by atoms with Crippen molar-refractivity contribution in [2.45, 2.75) is 12.5 Å². The summed E-state index contributed by atoms with van der Waals surface area (Å²) in [4.78, 5) is 16.1. The molecule has 6 heteroatoms. The zero-order valence-electron chi connectivity index (χ0n) is 15.8. The summed E-state index contributed by atoms with van der Waals surface area (Å²) in [5.74, 6) is 0.928. The van der Waals surface area contributed by atoms with Crippen molar-refractivity contribution in [1.82, 2.24) is 9.80 Å². The Hall–Kier alpha value is -2.15. The minimum Gasteiger partial charge on any atom is -0.490 e. The Kier molecular flexibility index (Phi) is 7.04. The zero-order chi connectivity index (χ0) is 19.1. The van der Waals surface area contributed by atoms with Crippen LogP contribution in [0.4, 0.5) is 0 Å². The number of ether oxygens (including phenoxy) is 2. The number of hydrogen-bond acceptors (Lipinski definition) is 5. The van der Waals surface area contributed by atoms with Gasteiger partial charge in [0.05, 0.1) is 13.0 Å². The molecule has 1 amide bonds. The van der Waals surface area contributed by atoms with Gasteiger partial charge in [-0.1, -0.05) is 36.4 Å². The van der Waals surface area contributed by atoms with Crippen LogP contribution in [0.25, 0.3) is 10.8 Å². The Morgan fingerprint density at radius 3 is 2.63 bits per heavy atom. The maximum Gasteiger partial charge on any atom is 0.224 e. The van der Waals surface area contributed by atoms with E-state index in [-0.39, 0.29) is 12.5 Å². The number of methoxy groups -OCH3 is 1. The van der Waals surface area contributed by atoms with Crippen molar-refractivity contribution < 1.29 is 19.4 Å². The molecule has 0 spiro atoms. The van der Waals surface area contributed by atoms with Crippen LogP contribution >= 0.6 is 0 Å². The summed E-state index contributed by atoms with van der Waals surface area (Å²) in [6.45, 7) is 4.18. The molecule has 1 heterocycles. The van der Waals surface area contributed by atoms with Gasteiger partial charge in [0.1, 0.15) is 18.5 Å². The number of fused-ring (bicyclic) bond motifs is 1. The average Bonchev–Trinajstić information content (AvgIpc) is 2.71. The van der Waals surface area contributed by atoms with Crippen molar-refractivity contribution in [1.29, 1.82) is 0 Å². The average molecular weight is 372 g/mol. The molecule has 3 rings (SSSR count). The van der Waals surface area contributed by atoms with E-state index in [4.69, 9.17) is 9.47 Å². The Morgan fingerprint density at radius 2 is 1.85 bits per heavy atom. The highest BCUT2D eigenvalue weighted by Gasteiger charge is 2.22. The van der Waals surface area contributed by atoms with Gasteiger partial charge in [0.25, 0.3) is 0 Å². The molecule has 27 heavy (non-hydrogen) atoms. The molecular formula is C21H28N2O4. The van der Waals surface area contributed by atoms with E-state index in [0.717, 1.165) is 29.6 Å². The SMILES string of the molecule is COCCC(=O)N1CCN(C[C@@H](O)COc2cccc3ccccc23)CC1. The molecule has 6 nitrogen and oxygen atoms in total. The molecule has 1 N–H and O–H groups in total. The molecule has 1 fully saturated rings. The highest BCUT2D eigenvalue weighted by molar-refractivity contribution is 5.88. The number of nitrogens with zero attached hydrogens (tertiary/aromatic N) is 2. The second-order valence-corrected chi connectivity index (χ2v) is 6.87. The summed E-state index contributed by atoms with van der Waals surface area (Å²) < 4.78 is 10.8. The van der Waals surface area contributed by atoms with Gasteiger partial charge in [-0.2, -0.15) is 0 Å². The lowest BCUT2D eigenvalue weighted by Gasteiger charge is -2.35. The fraction of sp³-hybridized carbons (Fsp3) is 0.476. The van der Waals surface area contributed by atoms with E-state index < -0.39 is 6.10 Å². The van der Waals surface area contributed by atoms with Crippen LogP contribution in [-0.2, 0) is 9.53 Å². The van der Waals surface area contributed by atoms with E-state index in [0.29, 0.717) is 32.7 Å². The number of β-amino-alcohol motifs (C(OH)–C–C–N with tert-alkyl or cyclic N) is 1. The van der Waals surface area contributed by atoms with Gasteiger partial charge in [-0.05, 0) is 11.5 Å². The highest BCUT2D eigenvalue weighted by atomic mass is 16.5. The number of piperazine rings is 1. The first-order valence-corrected chi connectivity index (χ1v) is 9.45. The van der Waals surface area contributed by atoms with Crippen LogP contribution in [0.15, 0.2) is 42.5 Å². The molecule has 1 saturated heterocycles. The fourth-order valence-corrected chi connectivity index (χ4v) is 3.39. The zero-order valence-corrected chi connectivity index (χ0v) is 15.8. The lowest BCUT2D eigenvalue weighted by atomic mass is 10.1. The molecule has 1 aliphatic heterocycles. The molecule has 146 valence electrons. The molecule has 0 saturated carbocycles. The number of rotatable bonds is 8. The van der Waals surface area contributed by atoms with Crippen molar-refractivity contribution in [3.8, 4) is 5.75 Å². The van der Waals surface area contributed by atoms with Crippen molar-refractivity contribution in [2.75, 3.05) is 53.0 Å². The maximum atomic E-state index is 12.0. The van der Waals surface area contributed by atoms with Gasteiger partial charge in [-0.15, -0.1) is 0 Å². The smallest absolute Gasteiger partial charge is 0.224 e. The van der Waals surface area contributed by atoms with Gasteiger partial charge in [-0.3, -0.25) is 9.69 Å². The minimum atomic E-state index is -0.570. The normalized spacial score (nSPS) is 16.4. The molecule has 0 aliphatic carbocycles. The van der Waals surface area contributed by atoms with Gasteiger partial charge in [0.2, 0.25) is 5.91 Å². The van der Waals surface area contributed by atoms with Crippen molar-refractivity contribution in [3.63, 3.8) is 0 Å². The number of aliphatic hydroxyl groups is 1. The first-order valence-electron chi connectivity index (χ1n) is 9.45. The lowest BCUT2D eigenvalue weighted by molar-refractivity contribution is -0.134. The van der Waals surface area contributed by atoms with Gasteiger partial charge >= 0.3 is 0 Å². The number of hydrogen-bond donors (Lipinski definition) is 1. The number of amides is 1. The highest BCUT2D eigenvalue weighted by Crippen LogP contribution is 2.25. The summed E-state index contributed by atoms with van der Waals surface area (Å²) in [5.41, 5.74) is 0. The van der Waals surface area contributed by atoms with Gasteiger partial charge < -0.3 is 19.5 Å². The predicted octanol–water partition coefficient (Wildman–Crippen LogP) is 1.76.